The molecule has 1 aromatic carbocycles. The van der Waals surface area contributed by atoms with Gasteiger partial charge in [-0.15, -0.1) is 0 Å². The highest BCUT2D eigenvalue weighted by atomic mass is 35.5. The Labute approximate surface area is 119 Å². The largest absolute Gasteiger partial charge is 0.398 e. The maximum absolute atomic E-state index is 12.3. The fourth-order valence-electron chi connectivity index (χ4n) is 2.56. The molecule has 0 bridgehead atoms. The van der Waals surface area contributed by atoms with Crippen LogP contribution in [0.25, 0.3) is 0 Å². The minimum absolute atomic E-state index is 0.0184. The Balaban J connectivity index is 2.23. The van der Waals surface area contributed by atoms with Crippen molar-refractivity contribution in [3.8, 4) is 0 Å². The summed E-state index contributed by atoms with van der Waals surface area (Å²) in [5, 5.41) is 0.430. The van der Waals surface area contributed by atoms with Gasteiger partial charge in [-0.25, -0.2) is 13.1 Å². The zero-order valence-electron chi connectivity index (χ0n) is 11.1. The van der Waals surface area contributed by atoms with Crippen LogP contribution in [0.4, 0.5) is 5.69 Å². The third kappa shape index (κ3) is 3.04. The molecule has 0 heterocycles. The van der Waals surface area contributed by atoms with E-state index in [2.05, 4.69) is 18.6 Å². The maximum atomic E-state index is 12.3. The number of sulfonamides is 1. The summed E-state index contributed by atoms with van der Waals surface area (Å²) in [6.07, 6.45) is 1.92. The molecule has 0 spiro atoms. The number of halogens is 1. The Morgan fingerprint density at radius 1 is 1.32 bits per heavy atom. The van der Waals surface area contributed by atoms with Crippen LogP contribution in [0.5, 0.6) is 0 Å². The first kappa shape index (κ1) is 14.6. The van der Waals surface area contributed by atoms with Gasteiger partial charge in [-0.05, 0) is 42.9 Å². The van der Waals surface area contributed by atoms with Crippen LogP contribution in [-0.4, -0.2) is 14.5 Å². The molecule has 6 heteroatoms. The van der Waals surface area contributed by atoms with Gasteiger partial charge in [-0.3, -0.25) is 0 Å². The molecule has 0 radical (unpaired) electrons. The molecule has 3 N–H and O–H groups in total. The van der Waals surface area contributed by atoms with Crippen molar-refractivity contribution in [2.45, 2.75) is 37.6 Å². The van der Waals surface area contributed by atoms with Crippen LogP contribution in [0, 0.1) is 11.8 Å². The van der Waals surface area contributed by atoms with Gasteiger partial charge in [0.15, 0.2) is 0 Å². The lowest BCUT2D eigenvalue weighted by Crippen LogP contribution is -2.37. The van der Waals surface area contributed by atoms with Crippen LogP contribution in [0.2, 0.25) is 5.02 Å². The predicted octanol–water partition coefficient (Wildman–Crippen LogP) is 2.64. The number of nitrogen functional groups attached to an aromatic ring is 1. The normalized spacial score (nSPS) is 27.6. The minimum Gasteiger partial charge on any atom is -0.398 e. The SMILES string of the molecule is CC1CCC(NS(=O)(=O)c2ccc(Cl)cc2N)C1C. The standard InChI is InChI=1S/C13H19ClN2O2S/c1-8-3-5-12(9(8)2)16-19(17,18)13-6-4-10(14)7-11(13)15/h4,6-9,12,16H,3,5,15H2,1-2H3. The second-order valence-electron chi connectivity index (χ2n) is 5.32. The topological polar surface area (TPSA) is 72.2 Å². The first-order valence-corrected chi connectivity index (χ1v) is 8.24. The number of hydrogen-bond donors (Lipinski definition) is 2. The van der Waals surface area contributed by atoms with E-state index in [4.69, 9.17) is 17.3 Å². The first-order valence-electron chi connectivity index (χ1n) is 6.38. The van der Waals surface area contributed by atoms with Crippen molar-refractivity contribution in [3.05, 3.63) is 23.2 Å². The van der Waals surface area contributed by atoms with Crippen molar-refractivity contribution in [2.75, 3.05) is 5.73 Å². The fourth-order valence-corrected chi connectivity index (χ4v) is 4.21. The van der Waals surface area contributed by atoms with E-state index in [-0.39, 0.29) is 16.6 Å². The summed E-state index contributed by atoms with van der Waals surface area (Å²) in [4.78, 5) is 0.101. The number of rotatable bonds is 3. The Morgan fingerprint density at radius 3 is 2.53 bits per heavy atom. The summed E-state index contributed by atoms with van der Waals surface area (Å²) < 4.78 is 27.4. The molecule has 1 aromatic rings. The van der Waals surface area contributed by atoms with Crippen molar-refractivity contribution < 1.29 is 8.42 Å². The highest BCUT2D eigenvalue weighted by Crippen LogP contribution is 2.32. The molecule has 0 aliphatic heterocycles. The van der Waals surface area contributed by atoms with Crippen molar-refractivity contribution in [1.29, 1.82) is 0 Å². The van der Waals surface area contributed by atoms with E-state index in [1.807, 2.05) is 0 Å². The molecule has 106 valence electrons. The van der Waals surface area contributed by atoms with E-state index < -0.39 is 10.0 Å². The Bertz CT molecular complexity index is 574. The lowest BCUT2D eigenvalue weighted by Gasteiger charge is -2.20. The number of benzene rings is 1. The van der Waals surface area contributed by atoms with Gasteiger partial charge < -0.3 is 5.73 Å². The summed E-state index contributed by atoms with van der Waals surface area (Å²) in [6.45, 7) is 4.23. The van der Waals surface area contributed by atoms with E-state index in [0.29, 0.717) is 16.9 Å². The predicted molar refractivity (Wildman–Crippen MR) is 77.5 cm³/mol. The van der Waals surface area contributed by atoms with Crippen molar-refractivity contribution in [3.63, 3.8) is 0 Å². The van der Waals surface area contributed by atoms with E-state index >= 15 is 0 Å². The number of nitrogens with two attached hydrogens (primary N) is 1. The molecule has 1 fully saturated rings. The van der Waals surface area contributed by atoms with Gasteiger partial charge in [0.25, 0.3) is 0 Å². The molecule has 4 nitrogen and oxygen atoms in total. The van der Waals surface area contributed by atoms with Crippen LogP contribution >= 0.6 is 11.6 Å². The summed E-state index contributed by atoms with van der Waals surface area (Å²) >= 11 is 5.78. The Morgan fingerprint density at radius 2 is 2.00 bits per heavy atom. The molecule has 19 heavy (non-hydrogen) atoms. The van der Waals surface area contributed by atoms with Gasteiger partial charge in [0.2, 0.25) is 10.0 Å². The molecule has 0 amide bonds. The number of nitrogens with one attached hydrogen (secondary N) is 1. The molecule has 0 aromatic heterocycles. The second-order valence-corrected chi connectivity index (χ2v) is 7.44. The molecule has 3 atom stereocenters. The molecular weight excluding hydrogens is 284 g/mol. The third-order valence-corrected chi connectivity index (χ3v) is 5.83. The van der Waals surface area contributed by atoms with Crippen LogP contribution in [0.15, 0.2) is 23.1 Å². The molecule has 1 aliphatic rings. The number of anilines is 1. The maximum Gasteiger partial charge on any atom is 0.242 e. The Hall–Kier alpha value is -0.780. The van der Waals surface area contributed by atoms with Crippen LogP contribution in [-0.2, 0) is 10.0 Å². The highest BCUT2D eigenvalue weighted by molar-refractivity contribution is 7.89. The first-order chi connectivity index (χ1) is 8.81. The lowest BCUT2D eigenvalue weighted by atomic mass is 9.98. The summed E-state index contributed by atoms with van der Waals surface area (Å²) in [5.74, 6) is 0.874. The monoisotopic (exact) mass is 302 g/mol. The molecule has 1 aliphatic carbocycles. The van der Waals surface area contributed by atoms with Gasteiger partial charge in [-0.1, -0.05) is 25.4 Å². The smallest absolute Gasteiger partial charge is 0.242 e. The van der Waals surface area contributed by atoms with Gasteiger partial charge in [0.05, 0.1) is 5.69 Å². The average Bonchev–Trinajstić information content (AvgIpc) is 2.60. The molecule has 3 unspecified atom stereocenters. The van der Waals surface area contributed by atoms with Gasteiger partial charge in [0, 0.05) is 11.1 Å². The third-order valence-electron chi connectivity index (χ3n) is 4.03. The molecule has 2 rings (SSSR count). The molecule has 1 saturated carbocycles. The average molecular weight is 303 g/mol. The van der Waals surface area contributed by atoms with Gasteiger partial charge in [-0.2, -0.15) is 0 Å². The minimum atomic E-state index is -3.58. The molecule has 0 saturated heterocycles. The summed E-state index contributed by atoms with van der Waals surface area (Å²) in [7, 11) is -3.58. The zero-order chi connectivity index (χ0) is 14.2. The van der Waals surface area contributed by atoms with Crippen LogP contribution in [0.1, 0.15) is 26.7 Å². The van der Waals surface area contributed by atoms with Crippen molar-refractivity contribution >= 4 is 27.3 Å². The van der Waals surface area contributed by atoms with Gasteiger partial charge in [0.1, 0.15) is 4.90 Å². The zero-order valence-corrected chi connectivity index (χ0v) is 12.6. The quantitative estimate of drug-likeness (QED) is 0.843. The van der Waals surface area contributed by atoms with Crippen molar-refractivity contribution in [1.82, 2.24) is 4.72 Å². The van der Waals surface area contributed by atoms with E-state index in [9.17, 15) is 8.42 Å². The Kier molecular flexibility index (Phi) is 4.08. The van der Waals surface area contributed by atoms with E-state index in [1.165, 1.54) is 18.2 Å². The van der Waals surface area contributed by atoms with Crippen LogP contribution in [0.3, 0.4) is 0 Å². The van der Waals surface area contributed by atoms with E-state index in [1.54, 1.807) is 0 Å². The van der Waals surface area contributed by atoms with Crippen molar-refractivity contribution in [2.24, 2.45) is 11.8 Å². The number of hydrogen-bond acceptors (Lipinski definition) is 3. The molecular formula is C13H19ClN2O2S. The summed E-state index contributed by atoms with van der Waals surface area (Å²) in [5.41, 5.74) is 5.92. The summed E-state index contributed by atoms with van der Waals surface area (Å²) in [6, 6.07) is 4.42. The fraction of sp³-hybridized carbons (Fsp3) is 0.538. The van der Waals surface area contributed by atoms with Gasteiger partial charge >= 0.3 is 0 Å². The second kappa shape index (κ2) is 5.31. The van der Waals surface area contributed by atoms with E-state index in [0.717, 1.165) is 12.8 Å². The van der Waals surface area contributed by atoms with Crippen LogP contribution < -0.4 is 10.5 Å². The highest BCUT2D eigenvalue weighted by Gasteiger charge is 2.33. The lowest BCUT2D eigenvalue weighted by molar-refractivity contribution is 0.402.